The minimum atomic E-state index is -0.382. The fourth-order valence-electron chi connectivity index (χ4n) is 2.99. The number of carbonyl (C=O) groups is 1. The molecule has 1 heterocycles. The average molecular weight is 489 g/mol. The van der Waals surface area contributed by atoms with Crippen LogP contribution in [0.2, 0.25) is 5.02 Å². The van der Waals surface area contributed by atoms with Crippen LogP contribution in [-0.4, -0.2) is 35.0 Å². The van der Waals surface area contributed by atoms with E-state index in [1.807, 2.05) is 48.5 Å². The van der Waals surface area contributed by atoms with Crippen LogP contribution in [0.5, 0.6) is 0 Å². The molecule has 0 aliphatic carbocycles. The number of benzene rings is 2. The monoisotopic (exact) mass is 487 g/mol. The van der Waals surface area contributed by atoms with Crippen molar-refractivity contribution in [3.63, 3.8) is 0 Å². The van der Waals surface area contributed by atoms with Crippen LogP contribution >= 0.6 is 27.5 Å². The number of amides is 1. The Hall–Kier alpha value is -2.64. The maximum atomic E-state index is 12.4. The van der Waals surface area contributed by atoms with Gasteiger partial charge in [-0.2, -0.15) is 10.2 Å². The SMILES string of the molecule is CCN(CC)c1ccc(C=NNC(=O)c2nn(Cc3ccc(Cl)cc3)cc2Br)cc1. The highest BCUT2D eigenvalue weighted by Crippen LogP contribution is 2.17. The summed E-state index contributed by atoms with van der Waals surface area (Å²) in [5, 5.41) is 9.08. The lowest BCUT2D eigenvalue weighted by Crippen LogP contribution is -2.21. The molecular formula is C22H23BrClN5O. The van der Waals surface area contributed by atoms with Crippen molar-refractivity contribution in [2.24, 2.45) is 5.10 Å². The number of halogens is 2. The Balaban J connectivity index is 1.60. The summed E-state index contributed by atoms with van der Waals surface area (Å²) in [4.78, 5) is 14.7. The van der Waals surface area contributed by atoms with Gasteiger partial charge in [-0.3, -0.25) is 9.48 Å². The molecular weight excluding hydrogens is 466 g/mol. The van der Waals surface area contributed by atoms with Crippen LogP contribution < -0.4 is 10.3 Å². The lowest BCUT2D eigenvalue weighted by Gasteiger charge is -2.20. The second-order valence-corrected chi connectivity index (χ2v) is 7.90. The molecule has 3 aromatic rings. The molecule has 0 spiro atoms. The Labute approximate surface area is 189 Å². The third kappa shape index (κ3) is 5.70. The maximum absolute atomic E-state index is 12.4. The lowest BCUT2D eigenvalue weighted by atomic mass is 10.2. The first kappa shape index (κ1) is 22.1. The van der Waals surface area contributed by atoms with E-state index in [1.165, 1.54) is 0 Å². The largest absolute Gasteiger partial charge is 0.372 e. The molecule has 156 valence electrons. The molecule has 0 saturated carbocycles. The number of nitrogens with one attached hydrogen (secondary N) is 1. The van der Waals surface area contributed by atoms with E-state index in [4.69, 9.17) is 11.6 Å². The summed E-state index contributed by atoms with van der Waals surface area (Å²) < 4.78 is 2.30. The van der Waals surface area contributed by atoms with Crippen molar-refractivity contribution < 1.29 is 4.79 Å². The van der Waals surface area contributed by atoms with Crippen LogP contribution in [0.4, 0.5) is 5.69 Å². The first-order chi connectivity index (χ1) is 14.5. The minimum absolute atomic E-state index is 0.276. The second-order valence-electron chi connectivity index (χ2n) is 6.61. The number of hydrogen-bond donors (Lipinski definition) is 1. The average Bonchev–Trinajstić information content (AvgIpc) is 3.12. The summed E-state index contributed by atoms with van der Waals surface area (Å²) in [5.41, 5.74) is 5.90. The summed E-state index contributed by atoms with van der Waals surface area (Å²) in [6.45, 7) is 6.71. The molecule has 2 aromatic carbocycles. The summed E-state index contributed by atoms with van der Waals surface area (Å²) >= 11 is 9.31. The number of aromatic nitrogens is 2. The van der Waals surface area contributed by atoms with E-state index in [0.717, 1.165) is 29.9 Å². The quantitative estimate of drug-likeness (QED) is 0.360. The molecule has 3 rings (SSSR count). The lowest BCUT2D eigenvalue weighted by molar-refractivity contribution is 0.0948. The third-order valence-corrected chi connectivity index (χ3v) is 5.42. The second kappa shape index (κ2) is 10.4. The molecule has 1 aromatic heterocycles. The molecule has 1 amide bonds. The van der Waals surface area contributed by atoms with Gasteiger partial charge in [-0.05, 0) is 65.2 Å². The van der Waals surface area contributed by atoms with Gasteiger partial charge in [0, 0.05) is 30.0 Å². The van der Waals surface area contributed by atoms with Crippen molar-refractivity contribution in [3.8, 4) is 0 Å². The predicted octanol–water partition coefficient (Wildman–Crippen LogP) is 4.96. The molecule has 8 heteroatoms. The minimum Gasteiger partial charge on any atom is -0.372 e. The highest BCUT2D eigenvalue weighted by Gasteiger charge is 2.15. The Kier molecular flexibility index (Phi) is 7.65. The van der Waals surface area contributed by atoms with Gasteiger partial charge in [0.2, 0.25) is 0 Å². The zero-order valence-electron chi connectivity index (χ0n) is 16.8. The van der Waals surface area contributed by atoms with Gasteiger partial charge >= 0.3 is 0 Å². The number of carbonyl (C=O) groups excluding carboxylic acids is 1. The van der Waals surface area contributed by atoms with Gasteiger partial charge in [0.15, 0.2) is 5.69 Å². The normalized spacial score (nSPS) is 11.1. The Bertz CT molecular complexity index is 1010. The molecule has 0 radical (unpaired) electrons. The zero-order chi connectivity index (χ0) is 21.5. The molecule has 0 aliphatic rings. The molecule has 30 heavy (non-hydrogen) atoms. The number of hydrogen-bond acceptors (Lipinski definition) is 4. The van der Waals surface area contributed by atoms with E-state index >= 15 is 0 Å². The van der Waals surface area contributed by atoms with Crippen LogP contribution in [-0.2, 0) is 6.54 Å². The summed E-state index contributed by atoms with van der Waals surface area (Å²) in [5.74, 6) is -0.382. The molecule has 0 aliphatic heterocycles. The fourth-order valence-corrected chi connectivity index (χ4v) is 3.61. The molecule has 1 N–H and O–H groups in total. The standard InChI is InChI=1S/C22H23BrClN5O/c1-3-28(4-2)19-11-7-16(8-12-19)13-25-26-22(30)21-20(23)15-29(27-21)14-17-5-9-18(24)10-6-17/h5-13,15H,3-4,14H2,1-2H3,(H,26,30). The van der Waals surface area contributed by atoms with Crippen molar-refractivity contribution in [3.05, 3.63) is 81.0 Å². The molecule has 0 fully saturated rings. The van der Waals surface area contributed by atoms with Crippen LogP contribution in [0.3, 0.4) is 0 Å². The maximum Gasteiger partial charge on any atom is 0.293 e. The fraction of sp³-hybridized carbons (Fsp3) is 0.227. The predicted molar refractivity (Wildman–Crippen MR) is 126 cm³/mol. The van der Waals surface area contributed by atoms with E-state index in [1.54, 1.807) is 17.1 Å². The van der Waals surface area contributed by atoms with Crippen molar-refractivity contribution in [1.29, 1.82) is 0 Å². The topological polar surface area (TPSA) is 62.5 Å². The molecule has 0 unspecified atom stereocenters. The number of anilines is 1. The van der Waals surface area contributed by atoms with E-state index < -0.39 is 0 Å². The van der Waals surface area contributed by atoms with Gasteiger partial charge in [0.25, 0.3) is 5.91 Å². The van der Waals surface area contributed by atoms with Crippen LogP contribution in [0.1, 0.15) is 35.5 Å². The van der Waals surface area contributed by atoms with Gasteiger partial charge in [0.1, 0.15) is 0 Å². The summed E-state index contributed by atoms with van der Waals surface area (Å²) in [7, 11) is 0. The van der Waals surface area contributed by atoms with Gasteiger partial charge in [-0.25, -0.2) is 5.43 Å². The molecule has 0 saturated heterocycles. The zero-order valence-corrected chi connectivity index (χ0v) is 19.2. The number of rotatable bonds is 8. The number of hydrazone groups is 1. The van der Waals surface area contributed by atoms with E-state index in [2.05, 4.69) is 50.3 Å². The van der Waals surface area contributed by atoms with Gasteiger partial charge in [0.05, 0.1) is 17.2 Å². The van der Waals surface area contributed by atoms with Gasteiger partial charge in [-0.15, -0.1) is 0 Å². The van der Waals surface area contributed by atoms with E-state index in [0.29, 0.717) is 16.0 Å². The van der Waals surface area contributed by atoms with E-state index in [9.17, 15) is 4.79 Å². The van der Waals surface area contributed by atoms with Crippen LogP contribution in [0, 0.1) is 0 Å². The Morgan fingerprint density at radius 3 is 2.47 bits per heavy atom. The molecule has 0 atom stereocenters. The van der Waals surface area contributed by atoms with Crippen LogP contribution in [0.25, 0.3) is 0 Å². The summed E-state index contributed by atoms with van der Waals surface area (Å²) in [6, 6.07) is 15.5. The third-order valence-electron chi connectivity index (χ3n) is 4.59. The Morgan fingerprint density at radius 2 is 1.83 bits per heavy atom. The highest BCUT2D eigenvalue weighted by molar-refractivity contribution is 9.10. The molecule has 6 nitrogen and oxygen atoms in total. The smallest absolute Gasteiger partial charge is 0.293 e. The van der Waals surface area contributed by atoms with Crippen molar-refractivity contribution in [1.82, 2.24) is 15.2 Å². The van der Waals surface area contributed by atoms with Crippen molar-refractivity contribution >= 4 is 45.3 Å². The first-order valence-electron chi connectivity index (χ1n) is 9.66. The van der Waals surface area contributed by atoms with Crippen molar-refractivity contribution in [2.75, 3.05) is 18.0 Å². The van der Waals surface area contributed by atoms with Crippen LogP contribution in [0.15, 0.2) is 64.3 Å². The highest BCUT2D eigenvalue weighted by atomic mass is 79.9. The van der Waals surface area contributed by atoms with Gasteiger partial charge in [-0.1, -0.05) is 35.9 Å². The summed E-state index contributed by atoms with van der Waals surface area (Å²) in [6.07, 6.45) is 3.38. The molecule has 0 bridgehead atoms. The Morgan fingerprint density at radius 1 is 1.17 bits per heavy atom. The number of nitrogens with zero attached hydrogens (tertiary/aromatic N) is 4. The van der Waals surface area contributed by atoms with Gasteiger partial charge < -0.3 is 4.90 Å². The van der Waals surface area contributed by atoms with Crippen molar-refractivity contribution in [2.45, 2.75) is 20.4 Å². The first-order valence-corrected chi connectivity index (χ1v) is 10.8. The van der Waals surface area contributed by atoms with E-state index in [-0.39, 0.29) is 11.6 Å².